The molecule has 0 unspecified atom stereocenters. The summed E-state index contributed by atoms with van der Waals surface area (Å²) < 4.78 is 25.8. The zero-order valence-corrected chi connectivity index (χ0v) is 9.27. The van der Waals surface area contributed by atoms with Crippen molar-refractivity contribution < 1.29 is 13.6 Å². The van der Waals surface area contributed by atoms with Crippen LogP contribution in [0.15, 0.2) is 0 Å². The molecule has 1 saturated heterocycles. The molecule has 1 amide bonds. The van der Waals surface area contributed by atoms with Gasteiger partial charge in [-0.15, -0.1) is 0 Å². The van der Waals surface area contributed by atoms with Gasteiger partial charge in [-0.3, -0.25) is 4.79 Å². The number of amides is 1. The third kappa shape index (κ3) is 2.90. The quantitative estimate of drug-likeness (QED) is 0.753. The van der Waals surface area contributed by atoms with Crippen molar-refractivity contribution in [3.63, 3.8) is 0 Å². The van der Waals surface area contributed by atoms with Gasteiger partial charge in [0.15, 0.2) is 0 Å². The molecule has 2 rings (SSSR count). The molecule has 16 heavy (non-hydrogen) atoms. The van der Waals surface area contributed by atoms with E-state index in [0.717, 1.165) is 19.5 Å². The van der Waals surface area contributed by atoms with Crippen LogP contribution in [0.1, 0.15) is 32.1 Å². The highest BCUT2D eigenvalue weighted by Gasteiger charge is 2.37. The summed E-state index contributed by atoms with van der Waals surface area (Å²) in [5, 5.41) is 6.09. The first kappa shape index (κ1) is 11.8. The highest BCUT2D eigenvalue weighted by molar-refractivity contribution is 5.79. The predicted octanol–water partition coefficient (Wildman–Crippen LogP) is 1.29. The Balaban J connectivity index is 1.77. The van der Waals surface area contributed by atoms with E-state index in [1.54, 1.807) is 0 Å². The minimum Gasteiger partial charge on any atom is -0.352 e. The largest absolute Gasteiger partial charge is 0.352 e. The van der Waals surface area contributed by atoms with Crippen LogP contribution in [-0.2, 0) is 4.79 Å². The molecule has 2 fully saturated rings. The van der Waals surface area contributed by atoms with Gasteiger partial charge in [0.05, 0.1) is 0 Å². The van der Waals surface area contributed by atoms with Crippen molar-refractivity contribution in [1.82, 2.24) is 10.6 Å². The summed E-state index contributed by atoms with van der Waals surface area (Å²) >= 11 is 0. The first-order valence-electron chi connectivity index (χ1n) is 5.96. The zero-order valence-electron chi connectivity index (χ0n) is 9.27. The lowest BCUT2D eigenvalue weighted by molar-refractivity contribution is -0.129. The minimum atomic E-state index is -2.55. The second-order valence-electron chi connectivity index (χ2n) is 4.83. The Bertz CT molecular complexity index is 255. The van der Waals surface area contributed by atoms with Crippen molar-refractivity contribution in [2.24, 2.45) is 5.92 Å². The van der Waals surface area contributed by atoms with Gasteiger partial charge in [0, 0.05) is 31.3 Å². The standard InChI is InChI=1S/C11H18F2N2O/c12-11(13)4-1-8(2-5-11)10(16)15-9-3-6-14-7-9/h8-9,14H,1-7H2,(H,15,16)/t9-/m0/s1. The van der Waals surface area contributed by atoms with Crippen LogP contribution in [0.5, 0.6) is 0 Å². The number of carbonyl (C=O) groups excluding carboxylic acids is 1. The lowest BCUT2D eigenvalue weighted by Crippen LogP contribution is -2.42. The average molecular weight is 232 g/mol. The van der Waals surface area contributed by atoms with Crippen LogP contribution < -0.4 is 10.6 Å². The topological polar surface area (TPSA) is 41.1 Å². The Hall–Kier alpha value is -0.710. The summed E-state index contributed by atoms with van der Waals surface area (Å²) in [5.74, 6) is -2.80. The SMILES string of the molecule is O=C(N[C@H]1CCNC1)C1CCC(F)(F)CC1. The molecule has 3 nitrogen and oxygen atoms in total. The third-order valence-electron chi connectivity index (χ3n) is 3.49. The van der Waals surface area contributed by atoms with E-state index in [9.17, 15) is 13.6 Å². The second-order valence-corrected chi connectivity index (χ2v) is 4.83. The van der Waals surface area contributed by atoms with Crippen molar-refractivity contribution in [2.45, 2.75) is 44.1 Å². The van der Waals surface area contributed by atoms with Crippen LogP contribution in [0.4, 0.5) is 8.78 Å². The summed E-state index contributed by atoms with van der Waals surface area (Å²) in [6, 6.07) is 0.190. The normalized spacial score (nSPS) is 30.2. The Morgan fingerprint density at radius 2 is 1.94 bits per heavy atom. The van der Waals surface area contributed by atoms with E-state index in [1.807, 2.05) is 0 Å². The summed E-state index contributed by atoms with van der Waals surface area (Å²) in [5.41, 5.74) is 0. The van der Waals surface area contributed by atoms with Crippen molar-refractivity contribution in [3.8, 4) is 0 Å². The molecule has 0 aromatic carbocycles. The lowest BCUT2D eigenvalue weighted by atomic mass is 9.86. The van der Waals surface area contributed by atoms with Crippen LogP contribution in [0.2, 0.25) is 0 Å². The Labute approximate surface area is 94.0 Å². The van der Waals surface area contributed by atoms with Gasteiger partial charge in [-0.25, -0.2) is 8.78 Å². The van der Waals surface area contributed by atoms with E-state index >= 15 is 0 Å². The molecule has 0 spiro atoms. The maximum Gasteiger partial charge on any atom is 0.248 e. The third-order valence-corrected chi connectivity index (χ3v) is 3.49. The number of halogens is 2. The monoisotopic (exact) mass is 232 g/mol. The fourth-order valence-electron chi connectivity index (χ4n) is 2.40. The van der Waals surface area contributed by atoms with Crippen molar-refractivity contribution in [3.05, 3.63) is 0 Å². The molecule has 2 aliphatic rings. The number of alkyl halides is 2. The number of rotatable bonds is 2. The van der Waals surface area contributed by atoms with Gasteiger partial charge in [0.2, 0.25) is 11.8 Å². The Morgan fingerprint density at radius 1 is 1.25 bits per heavy atom. The summed E-state index contributed by atoms with van der Waals surface area (Å²) in [6.45, 7) is 1.72. The fraction of sp³-hybridized carbons (Fsp3) is 0.909. The second kappa shape index (κ2) is 4.65. The Kier molecular flexibility index (Phi) is 3.42. The van der Waals surface area contributed by atoms with Gasteiger partial charge in [0.1, 0.15) is 0 Å². The first-order valence-corrected chi connectivity index (χ1v) is 5.96. The zero-order chi connectivity index (χ0) is 11.6. The smallest absolute Gasteiger partial charge is 0.248 e. The minimum absolute atomic E-state index is 0.0378. The maximum absolute atomic E-state index is 12.9. The van der Waals surface area contributed by atoms with Crippen LogP contribution in [-0.4, -0.2) is 31.0 Å². The molecule has 1 atom stereocenters. The van der Waals surface area contributed by atoms with Crippen LogP contribution >= 0.6 is 0 Å². The number of carbonyl (C=O) groups is 1. The highest BCUT2D eigenvalue weighted by Crippen LogP contribution is 2.36. The van der Waals surface area contributed by atoms with Crippen molar-refractivity contribution >= 4 is 5.91 Å². The van der Waals surface area contributed by atoms with Crippen molar-refractivity contribution in [2.75, 3.05) is 13.1 Å². The van der Waals surface area contributed by atoms with Crippen LogP contribution in [0, 0.1) is 5.92 Å². The van der Waals surface area contributed by atoms with E-state index in [-0.39, 0.29) is 30.7 Å². The Morgan fingerprint density at radius 3 is 2.50 bits per heavy atom. The molecule has 1 aliphatic carbocycles. The molecule has 0 aromatic rings. The van der Waals surface area contributed by atoms with Gasteiger partial charge in [0.25, 0.3) is 0 Å². The molecular weight excluding hydrogens is 214 g/mol. The van der Waals surface area contributed by atoms with Crippen LogP contribution in [0.3, 0.4) is 0 Å². The van der Waals surface area contributed by atoms with Gasteiger partial charge in [-0.1, -0.05) is 0 Å². The maximum atomic E-state index is 12.9. The van der Waals surface area contributed by atoms with Gasteiger partial charge >= 0.3 is 0 Å². The van der Waals surface area contributed by atoms with E-state index in [2.05, 4.69) is 10.6 Å². The lowest BCUT2D eigenvalue weighted by Gasteiger charge is -2.28. The van der Waals surface area contributed by atoms with Crippen molar-refractivity contribution in [1.29, 1.82) is 0 Å². The van der Waals surface area contributed by atoms with E-state index < -0.39 is 5.92 Å². The molecule has 1 heterocycles. The van der Waals surface area contributed by atoms with E-state index in [1.165, 1.54) is 0 Å². The molecule has 0 aromatic heterocycles. The number of hydrogen-bond donors (Lipinski definition) is 2. The summed E-state index contributed by atoms with van der Waals surface area (Å²) in [4.78, 5) is 11.8. The number of hydrogen-bond acceptors (Lipinski definition) is 2. The molecule has 0 radical (unpaired) electrons. The number of nitrogens with one attached hydrogen (secondary N) is 2. The molecular formula is C11H18F2N2O. The molecule has 0 bridgehead atoms. The summed E-state index contributed by atoms with van der Waals surface area (Å²) in [6.07, 6.45) is 1.29. The van der Waals surface area contributed by atoms with E-state index in [4.69, 9.17) is 0 Å². The molecule has 1 aliphatic heterocycles. The molecule has 5 heteroatoms. The average Bonchev–Trinajstić information content (AvgIpc) is 2.70. The van der Waals surface area contributed by atoms with Gasteiger partial charge in [-0.2, -0.15) is 0 Å². The van der Waals surface area contributed by atoms with E-state index in [0.29, 0.717) is 12.8 Å². The predicted molar refractivity (Wildman–Crippen MR) is 56.3 cm³/mol. The van der Waals surface area contributed by atoms with Crippen LogP contribution in [0.25, 0.3) is 0 Å². The molecule has 2 N–H and O–H groups in total. The molecule has 1 saturated carbocycles. The first-order chi connectivity index (χ1) is 7.57. The van der Waals surface area contributed by atoms with Gasteiger partial charge < -0.3 is 10.6 Å². The van der Waals surface area contributed by atoms with Gasteiger partial charge in [-0.05, 0) is 25.8 Å². The fourth-order valence-corrected chi connectivity index (χ4v) is 2.40. The highest BCUT2D eigenvalue weighted by atomic mass is 19.3. The summed E-state index contributed by atoms with van der Waals surface area (Å²) in [7, 11) is 0. The molecule has 92 valence electrons.